The molecule has 1 aromatic carbocycles. The summed E-state index contributed by atoms with van der Waals surface area (Å²) in [4.78, 5) is 25.2. The molecule has 2 N–H and O–H groups in total. The van der Waals surface area contributed by atoms with Crippen LogP contribution < -0.4 is 10.8 Å². The lowest BCUT2D eigenvalue weighted by Gasteiger charge is -2.53. The van der Waals surface area contributed by atoms with Crippen molar-refractivity contribution in [1.29, 1.82) is 0 Å². The lowest BCUT2D eigenvalue weighted by atomic mass is 9.87. The number of carboxylic acid groups (broad SMARTS) is 1. The molecule has 0 aromatic heterocycles. The van der Waals surface area contributed by atoms with Crippen LogP contribution in [0.15, 0.2) is 30.3 Å². The van der Waals surface area contributed by atoms with E-state index in [-0.39, 0.29) is 13.1 Å². The van der Waals surface area contributed by atoms with Crippen LogP contribution >= 0.6 is 0 Å². The predicted molar refractivity (Wildman–Crippen MR) is 66.8 cm³/mol. The maximum Gasteiger partial charge on any atom is 0.241 e. The number of nitrogens with zero attached hydrogens (tertiary/aromatic N) is 2. The molecule has 2 rings (SSSR count). The Balaban J connectivity index is 2.09. The molecule has 0 radical (unpaired) electrons. The van der Waals surface area contributed by atoms with Gasteiger partial charge in [-0.2, -0.15) is 0 Å². The Hall–Kier alpha value is -2.08. The van der Waals surface area contributed by atoms with Gasteiger partial charge in [0, 0.05) is 19.6 Å². The van der Waals surface area contributed by atoms with Crippen LogP contribution in [0.4, 0.5) is 4.79 Å². The third-order valence-corrected chi connectivity index (χ3v) is 3.61. The molecule has 102 valence electrons. The van der Waals surface area contributed by atoms with Gasteiger partial charge in [-0.3, -0.25) is 9.69 Å². The van der Waals surface area contributed by atoms with E-state index in [1.807, 2.05) is 30.3 Å². The van der Waals surface area contributed by atoms with Gasteiger partial charge in [0.25, 0.3) is 0 Å². The van der Waals surface area contributed by atoms with Crippen molar-refractivity contribution >= 4 is 12.0 Å². The quantitative estimate of drug-likeness (QED) is 0.753. The lowest BCUT2D eigenvalue weighted by molar-refractivity contribution is -0.274. The Morgan fingerprint density at radius 2 is 1.95 bits per heavy atom. The smallest absolute Gasteiger partial charge is 0.241 e. The number of likely N-dealkylation sites (tertiary alicyclic amines) is 1. The van der Waals surface area contributed by atoms with Crippen molar-refractivity contribution < 1.29 is 14.7 Å². The van der Waals surface area contributed by atoms with Gasteiger partial charge in [-0.05, 0) is 12.6 Å². The highest BCUT2D eigenvalue weighted by Gasteiger charge is 2.51. The second-order valence-corrected chi connectivity index (χ2v) is 4.86. The van der Waals surface area contributed by atoms with Crippen LogP contribution in [0.3, 0.4) is 0 Å². The van der Waals surface area contributed by atoms with E-state index in [1.165, 1.54) is 0 Å². The molecule has 0 aliphatic carbocycles. The van der Waals surface area contributed by atoms with Crippen molar-refractivity contribution in [2.24, 2.45) is 5.73 Å². The maximum absolute atomic E-state index is 11.6. The van der Waals surface area contributed by atoms with E-state index < -0.39 is 17.5 Å². The number of hydrogen-bond acceptors (Lipinski definition) is 4. The minimum Gasteiger partial charge on any atom is -0.530 e. The monoisotopic (exact) mass is 262 g/mol. The summed E-state index contributed by atoms with van der Waals surface area (Å²) in [6.07, 6.45) is -1.27. The number of hydrogen-bond donors (Lipinski definition) is 1. The Bertz CT molecular complexity index is 483. The molecular weight excluding hydrogens is 246 g/mol. The zero-order valence-corrected chi connectivity index (χ0v) is 10.7. The summed E-state index contributed by atoms with van der Waals surface area (Å²) >= 11 is 0. The van der Waals surface area contributed by atoms with Crippen LogP contribution in [-0.2, 0) is 11.3 Å². The fourth-order valence-electron chi connectivity index (χ4n) is 2.31. The minimum atomic E-state index is -1.27. The van der Waals surface area contributed by atoms with Gasteiger partial charge >= 0.3 is 0 Å². The molecule has 0 bridgehead atoms. The van der Waals surface area contributed by atoms with E-state index in [0.717, 1.165) is 10.5 Å². The van der Waals surface area contributed by atoms with E-state index in [9.17, 15) is 14.7 Å². The first-order chi connectivity index (χ1) is 8.95. The number of likely N-dealkylation sites (N-methyl/N-ethyl adjacent to an activating group) is 1. The number of amides is 2. The largest absolute Gasteiger partial charge is 0.530 e. The molecule has 1 aliphatic rings. The standard InChI is InChI=1S/C13H17N3O3/c1-15(7-10-5-3-2-4-6-10)13(11(14)17)8-16(9-13)12(18)19/h2-6H,7-9H2,1H3,(H2,14,17)(H,18,19)/p-1. The molecule has 1 heterocycles. The summed E-state index contributed by atoms with van der Waals surface area (Å²) in [5.41, 5.74) is 5.53. The molecule has 6 heteroatoms. The number of carbonyl (C=O) groups excluding carboxylic acids is 2. The second kappa shape index (κ2) is 4.89. The highest BCUT2D eigenvalue weighted by atomic mass is 16.4. The molecular formula is C13H16N3O3-. The summed E-state index contributed by atoms with van der Waals surface area (Å²) < 4.78 is 0. The number of nitrogens with two attached hydrogens (primary N) is 1. The van der Waals surface area contributed by atoms with Crippen molar-refractivity contribution in [1.82, 2.24) is 9.80 Å². The molecule has 0 spiro atoms. The van der Waals surface area contributed by atoms with E-state index in [0.29, 0.717) is 6.54 Å². The van der Waals surface area contributed by atoms with Crippen LogP contribution in [0.25, 0.3) is 0 Å². The van der Waals surface area contributed by atoms with Crippen molar-refractivity contribution in [3.8, 4) is 0 Å². The lowest BCUT2D eigenvalue weighted by Crippen LogP contribution is -2.76. The molecule has 2 amide bonds. The Morgan fingerprint density at radius 3 is 2.42 bits per heavy atom. The van der Waals surface area contributed by atoms with Gasteiger partial charge in [0.05, 0.1) is 0 Å². The molecule has 1 aliphatic heterocycles. The van der Waals surface area contributed by atoms with Gasteiger partial charge < -0.3 is 20.5 Å². The molecule has 0 saturated carbocycles. The molecule has 1 aromatic rings. The van der Waals surface area contributed by atoms with Gasteiger partial charge in [-0.15, -0.1) is 0 Å². The first kappa shape index (κ1) is 13.4. The van der Waals surface area contributed by atoms with E-state index in [2.05, 4.69) is 0 Å². The van der Waals surface area contributed by atoms with E-state index in [4.69, 9.17) is 5.73 Å². The topological polar surface area (TPSA) is 89.7 Å². The molecule has 1 saturated heterocycles. The fraction of sp³-hybridized carbons (Fsp3) is 0.385. The Labute approximate surface area is 111 Å². The van der Waals surface area contributed by atoms with E-state index >= 15 is 0 Å². The Morgan fingerprint density at radius 1 is 1.37 bits per heavy atom. The van der Waals surface area contributed by atoms with Gasteiger partial charge in [0.2, 0.25) is 5.91 Å². The fourth-order valence-corrected chi connectivity index (χ4v) is 2.31. The van der Waals surface area contributed by atoms with Crippen molar-refractivity contribution in [3.05, 3.63) is 35.9 Å². The zero-order chi connectivity index (χ0) is 14.0. The van der Waals surface area contributed by atoms with Crippen LogP contribution in [0, 0.1) is 0 Å². The minimum absolute atomic E-state index is 0.0635. The van der Waals surface area contributed by atoms with Gasteiger partial charge in [-0.25, -0.2) is 0 Å². The van der Waals surface area contributed by atoms with Crippen LogP contribution in [0.5, 0.6) is 0 Å². The second-order valence-electron chi connectivity index (χ2n) is 4.86. The third-order valence-electron chi connectivity index (χ3n) is 3.61. The highest BCUT2D eigenvalue weighted by molar-refractivity contribution is 5.88. The van der Waals surface area contributed by atoms with Gasteiger partial charge in [0.1, 0.15) is 11.6 Å². The highest BCUT2D eigenvalue weighted by Crippen LogP contribution is 2.27. The van der Waals surface area contributed by atoms with E-state index in [1.54, 1.807) is 11.9 Å². The van der Waals surface area contributed by atoms with Gasteiger partial charge in [0.15, 0.2) is 0 Å². The molecule has 0 unspecified atom stereocenters. The summed E-state index contributed by atoms with van der Waals surface area (Å²) in [5, 5.41) is 10.7. The first-order valence-corrected chi connectivity index (χ1v) is 5.97. The summed E-state index contributed by atoms with van der Waals surface area (Å²) in [6.45, 7) is 0.659. The predicted octanol–water partition coefficient (Wildman–Crippen LogP) is -0.999. The van der Waals surface area contributed by atoms with Crippen LogP contribution in [0.1, 0.15) is 5.56 Å². The third kappa shape index (κ3) is 2.39. The molecule has 0 atom stereocenters. The summed E-state index contributed by atoms with van der Waals surface area (Å²) in [7, 11) is 1.77. The van der Waals surface area contributed by atoms with Crippen molar-refractivity contribution in [2.45, 2.75) is 12.1 Å². The van der Waals surface area contributed by atoms with Crippen LogP contribution in [-0.4, -0.2) is 47.5 Å². The average Bonchev–Trinajstić information content (AvgIpc) is 2.27. The molecule has 6 nitrogen and oxygen atoms in total. The van der Waals surface area contributed by atoms with Gasteiger partial charge in [-0.1, -0.05) is 30.3 Å². The summed E-state index contributed by atoms with van der Waals surface area (Å²) in [5.74, 6) is -0.511. The first-order valence-electron chi connectivity index (χ1n) is 5.97. The number of carbonyl (C=O) groups is 2. The average molecular weight is 262 g/mol. The van der Waals surface area contributed by atoms with Crippen molar-refractivity contribution in [3.63, 3.8) is 0 Å². The van der Waals surface area contributed by atoms with Crippen molar-refractivity contribution in [2.75, 3.05) is 20.1 Å². The maximum atomic E-state index is 11.6. The zero-order valence-electron chi connectivity index (χ0n) is 10.7. The number of primary amides is 1. The molecule has 1 fully saturated rings. The van der Waals surface area contributed by atoms with Crippen LogP contribution in [0.2, 0.25) is 0 Å². The number of benzene rings is 1. The normalized spacial score (nSPS) is 17.1. The summed E-state index contributed by atoms with van der Waals surface area (Å²) in [6, 6.07) is 9.62. The number of rotatable bonds is 4. The molecule has 19 heavy (non-hydrogen) atoms. The Kier molecular flexibility index (Phi) is 3.44. The SMILES string of the molecule is CN(Cc1ccccc1)C1(C(N)=O)CN(C(=O)[O-])C1.